The molecule has 98 valence electrons. The van der Waals surface area contributed by atoms with Gasteiger partial charge in [0.1, 0.15) is 7.05 Å². The van der Waals surface area contributed by atoms with Crippen LogP contribution in [0.1, 0.15) is 11.3 Å². The molecule has 0 aliphatic heterocycles. The summed E-state index contributed by atoms with van der Waals surface area (Å²) in [6.45, 7) is 0. The summed E-state index contributed by atoms with van der Waals surface area (Å²) in [7, 11) is 2.08. The van der Waals surface area contributed by atoms with Crippen molar-refractivity contribution in [2.75, 3.05) is 0 Å². The SMILES string of the molecule is C[n+]1c(/C=C/c2cccc(Cl)c2)ccc2ccccc21. The number of hydrogen-bond acceptors (Lipinski definition) is 0. The van der Waals surface area contributed by atoms with E-state index in [1.165, 1.54) is 10.9 Å². The first kappa shape index (κ1) is 12.9. The first-order valence-electron chi connectivity index (χ1n) is 6.55. The van der Waals surface area contributed by atoms with Crippen LogP contribution in [0.3, 0.4) is 0 Å². The van der Waals surface area contributed by atoms with Gasteiger partial charge in [0.25, 0.3) is 0 Å². The lowest BCUT2D eigenvalue weighted by molar-refractivity contribution is -0.646. The summed E-state index contributed by atoms with van der Waals surface area (Å²) in [5.74, 6) is 0. The minimum atomic E-state index is 0.759. The van der Waals surface area contributed by atoms with Gasteiger partial charge >= 0.3 is 0 Å². The number of nitrogens with zero attached hydrogens (tertiary/aromatic N) is 1. The highest BCUT2D eigenvalue weighted by atomic mass is 35.5. The molecule has 0 saturated carbocycles. The minimum Gasteiger partial charge on any atom is -0.195 e. The molecule has 0 aliphatic carbocycles. The van der Waals surface area contributed by atoms with E-state index in [4.69, 9.17) is 11.6 Å². The van der Waals surface area contributed by atoms with Crippen molar-refractivity contribution < 1.29 is 4.57 Å². The van der Waals surface area contributed by atoms with Crippen molar-refractivity contribution >= 4 is 34.7 Å². The van der Waals surface area contributed by atoms with Crippen molar-refractivity contribution in [1.82, 2.24) is 0 Å². The summed E-state index contributed by atoms with van der Waals surface area (Å²) in [5.41, 5.74) is 3.48. The van der Waals surface area contributed by atoms with Crippen LogP contribution in [0.25, 0.3) is 23.1 Å². The molecule has 0 aliphatic rings. The van der Waals surface area contributed by atoms with Gasteiger partial charge in [0.15, 0.2) is 0 Å². The quantitative estimate of drug-likeness (QED) is 0.609. The van der Waals surface area contributed by atoms with Crippen LogP contribution in [0.15, 0.2) is 60.7 Å². The molecule has 0 bridgehead atoms. The Kier molecular flexibility index (Phi) is 3.53. The summed E-state index contributed by atoms with van der Waals surface area (Å²) in [6.07, 6.45) is 4.19. The molecule has 0 N–H and O–H groups in total. The summed E-state index contributed by atoms with van der Waals surface area (Å²) in [4.78, 5) is 0. The molecule has 0 amide bonds. The Balaban J connectivity index is 2.01. The molecule has 1 heterocycles. The van der Waals surface area contributed by atoms with Crippen LogP contribution in [-0.4, -0.2) is 0 Å². The fraction of sp³-hybridized carbons (Fsp3) is 0.0556. The molecule has 0 fully saturated rings. The Bertz CT molecular complexity index is 790. The van der Waals surface area contributed by atoms with Gasteiger partial charge in [-0.3, -0.25) is 0 Å². The Hall–Kier alpha value is -2.12. The standard InChI is InChI=1S/C18H15ClN/c1-20-17(11-9-14-5-4-7-16(19)13-14)12-10-15-6-2-3-8-18(15)20/h2-13H,1H3/q+1/b11-9+. The van der Waals surface area contributed by atoms with Gasteiger partial charge in [-0.15, -0.1) is 0 Å². The monoisotopic (exact) mass is 280 g/mol. The zero-order valence-electron chi connectivity index (χ0n) is 11.3. The van der Waals surface area contributed by atoms with E-state index < -0.39 is 0 Å². The number of hydrogen-bond donors (Lipinski definition) is 0. The lowest BCUT2D eigenvalue weighted by Gasteiger charge is -2.00. The fourth-order valence-electron chi connectivity index (χ4n) is 2.32. The van der Waals surface area contributed by atoms with E-state index >= 15 is 0 Å². The second kappa shape index (κ2) is 5.48. The van der Waals surface area contributed by atoms with Crippen LogP contribution < -0.4 is 4.57 Å². The van der Waals surface area contributed by atoms with E-state index in [0.29, 0.717) is 0 Å². The van der Waals surface area contributed by atoms with Crippen LogP contribution in [0, 0.1) is 0 Å². The molecular formula is C18H15ClN+. The predicted octanol–water partition coefficient (Wildman–Crippen LogP) is 4.49. The van der Waals surface area contributed by atoms with Gasteiger partial charge in [-0.25, -0.2) is 0 Å². The number of halogens is 1. The number of benzene rings is 2. The summed E-state index contributed by atoms with van der Waals surface area (Å²) in [5, 5.41) is 2.00. The highest BCUT2D eigenvalue weighted by molar-refractivity contribution is 6.30. The van der Waals surface area contributed by atoms with E-state index in [1.807, 2.05) is 24.3 Å². The number of aromatic nitrogens is 1. The number of rotatable bonds is 2. The van der Waals surface area contributed by atoms with E-state index in [-0.39, 0.29) is 0 Å². The average molecular weight is 281 g/mol. The zero-order chi connectivity index (χ0) is 13.9. The highest BCUT2D eigenvalue weighted by Gasteiger charge is 2.07. The molecule has 0 atom stereocenters. The maximum atomic E-state index is 6.00. The summed E-state index contributed by atoms with van der Waals surface area (Å²) in [6, 6.07) is 20.5. The molecule has 3 aromatic rings. The van der Waals surface area contributed by atoms with Gasteiger partial charge in [-0.05, 0) is 35.9 Å². The fourth-order valence-corrected chi connectivity index (χ4v) is 2.52. The molecule has 1 aromatic heterocycles. The van der Waals surface area contributed by atoms with Crippen molar-refractivity contribution in [3.8, 4) is 0 Å². The van der Waals surface area contributed by atoms with Crippen molar-refractivity contribution in [3.05, 3.63) is 76.9 Å². The molecule has 0 saturated heterocycles. The predicted molar refractivity (Wildman–Crippen MR) is 85.5 cm³/mol. The zero-order valence-corrected chi connectivity index (χ0v) is 12.0. The summed E-state index contributed by atoms with van der Waals surface area (Å²) >= 11 is 6.00. The van der Waals surface area contributed by atoms with E-state index in [0.717, 1.165) is 16.3 Å². The van der Waals surface area contributed by atoms with Crippen LogP contribution in [-0.2, 0) is 7.05 Å². The van der Waals surface area contributed by atoms with Gasteiger partial charge < -0.3 is 0 Å². The van der Waals surface area contributed by atoms with Gasteiger partial charge in [-0.1, -0.05) is 35.9 Å². The molecule has 2 heteroatoms. The lowest BCUT2D eigenvalue weighted by Crippen LogP contribution is -2.32. The van der Waals surface area contributed by atoms with Gasteiger partial charge in [0.05, 0.1) is 0 Å². The van der Waals surface area contributed by atoms with Gasteiger partial charge in [-0.2, -0.15) is 4.57 Å². The van der Waals surface area contributed by atoms with Crippen LogP contribution in [0.2, 0.25) is 5.02 Å². The third-order valence-electron chi connectivity index (χ3n) is 3.41. The van der Waals surface area contributed by atoms with Crippen LogP contribution in [0.5, 0.6) is 0 Å². The second-order valence-corrected chi connectivity index (χ2v) is 5.20. The molecule has 2 aromatic carbocycles. The Morgan fingerprint density at radius 2 is 1.75 bits per heavy atom. The molecule has 0 spiro atoms. The normalized spacial score (nSPS) is 11.3. The van der Waals surface area contributed by atoms with E-state index in [2.05, 4.69) is 60.2 Å². The average Bonchev–Trinajstić information content (AvgIpc) is 2.47. The lowest BCUT2D eigenvalue weighted by atomic mass is 10.1. The third kappa shape index (κ3) is 2.59. The smallest absolute Gasteiger partial charge is 0.195 e. The summed E-state index contributed by atoms with van der Waals surface area (Å²) < 4.78 is 2.19. The molecule has 20 heavy (non-hydrogen) atoms. The number of para-hydroxylation sites is 1. The van der Waals surface area contributed by atoms with Gasteiger partial charge in [0, 0.05) is 28.6 Å². The van der Waals surface area contributed by atoms with Crippen molar-refractivity contribution in [2.24, 2.45) is 7.05 Å². The minimum absolute atomic E-state index is 0.759. The van der Waals surface area contributed by atoms with Crippen molar-refractivity contribution in [2.45, 2.75) is 0 Å². The van der Waals surface area contributed by atoms with Crippen LogP contribution >= 0.6 is 11.6 Å². The number of aryl methyl sites for hydroxylation is 1. The highest BCUT2D eigenvalue weighted by Crippen LogP contribution is 2.14. The topological polar surface area (TPSA) is 3.88 Å². The Labute approximate surface area is 123 Å². The third-order valence-corrected chi connectivity index (χ3v) is 3.65. The Morgan fingerprint density at radius 3 is 2.60 bits per heavy atom. The van der Waals surface area contributed by atoms with Crippen LogP contribution in [0.4, 0.5) is 0 Å². The Morgan fingerprint density at radius 1 is 0.900 bits per heavy atom. The van der Waals surface area contributed by atoms with E-state index in [1.54, 1.807) is 0 Å². The molecule has 0 radical (unpaired) electrons. The number of pyridine rings is 1. The molecule has 0 unspecified atom stereocenters. The maximum absolute atomic E-state index is 6.00. The van der Waals surface area contributed by atoms with Crippen molar-refractivity contribution in [1.29, 1.82) is 0 Å². The first-order valence-corrected chi connectivity index (χ1v) is 6.93. The van der Waals surface area contributed by atoms with Crippen molar-refractivity contribution in [3.63, 3.8) is 0 Å². The molecule has 3 rings (SSSR count). The second-order valence-electron chi connectivity index (χ2n) is 4.76. The van der Waals surface area contributed by atoms with Gasteiger partial charge in [0.2, 0.25) is 11.2 Å². The van der Waals surface area contributed by atoms with E-state index in [9.17, 15) is 0 Å². The molecular weight excluding hydrogens is 266 g/mol. The number of fused-ring (bicyclic) bond motifs is 1. The largest absolute Gasteiger partial charge is 0.212 e. The first-order chi connectivity index (χ1) is 9.74. The maximum Gasteiger partial charge on any atom is 0.212 e. The molecule has 1 nitrogen and oxygen atoms in total.